The van der Waals surface area contributed by atoms with E-state index >= 15 is 0 Å². The van der Waals surface area contributed by atoms with Crippen LogP contribution >= 0.6 is 0 Å². The third-order valence-electron chi connectivity index (χ3n) is 2.48. The first-order valence-electron chi connectivity index (χ1n) is 5.03. The smallest absolute Gasteiger partial charge is 0.326 e. The lowest BCUT2D eigenvalue weighted by Crippen LogP contribution is -2.22. The van der Waals surface area contributed by atoms with E-state index in [1.54, 1.807) is 0 Å². The van der Waals surface area contributed by atoms with Gasteiger partial charge >= 0.3 is 5.97 Å². The molecule has 2 rings (SSSR count). The zero-order valence-electron chi connectivity index (χ0n) is 8.88. The van der Waals surface area contributed by atoms with Crippen LogP contribution in [0.15, 0.2) is 6.07 Å². The zero-order valence-corrected chi connectivity index (χ0v) is 8.88. The summed E-state index contributed by atoms with van der Waals surface area (Å²) in [5.74, 6) is 0.215. The molecule has 6 heteroatoms. The molecule has 1 unspecified atom stereocenters. The monoisotopic (exact) mass is 223 g/mol. The standard InChI is InChI=1S/C10H13N3O3/c1-16-7-4-6(8(11)10(14)15)12-9(13-7)5-2-3-5/h4-5,8H,2-3,11H2,1H3,(H,14,15). The SMILES string of the molecule is COc1cc(C(N)C(=O)O)nc(C2CC2)n1. The van der Waals surface area contributed by atoms with Gasteiger partial charge in [0, 0.05) is 12.0 Å². The molecular formula is C10H13N3O3. The van der Waals surface area contributed by atoms with Crippen molar-refractivity contribution in [2.45, 2.75) is 24.8 Å². The summed E-state index contributed by atoms with van der Waals surface area (Å²) in [4.78, 5) is 19.1. The molecule has 0 amide bonds. The molecule has 0 aliphatic heterocycles. The maximum Gasteiger partial charge on any atom is 0.326 e. The van der Waals surface area contributed by atoms with Crippen molar-refractivity contribution in [2.75, 3.05) is 7.11 Å². The maximum atomic E-state index is 10.8. The number of carboxylic acids is 1. The lowest BCUT2D eigenvalue weighted by molar-refractivity contribution is -0.138. The summed E-state index contributed by atoms with van der Waals surface area (Å²) < 4.78 is 5.00. The van der Waals surface area contributed by atoms with Gasteiger partial charge in [-0.1, -0.05) is 0 Å². The Morgan fingerprint density at radius 3 is 2.81 bits per heavy atom. The number of ether oxygens (including phenoxy) is 1. The Balaban J connectivity index is 2.36. The van der Waals surface area contributed by atoms with Crippen LogP contribution in [0.25, 0.3) is 0 Å². The average molecular weight is 223 g/mol. The van der Waals surface area contributed by atoms with E-state index in [1.165, 1.54) is 13.2 Å². The summed E-state index contributed by atoms with van der Waals surface area (Å²) in [6.07, 6.45) is 2.07. The number of hydrogen-bond acceptors (Lipinski definition) is 5. The summed E-state index contributed by atoms with van der Waals surface area (Å²) >= 11 is 0. The normalized spacial score (nSPS) is 16.9. The van der Waals surface area contributed by atoms with Crippen LogP contribution in [0, 0.1) is 0 Å². The predicted molar refractivity (Wildman–Crippen MR) is 55.1 cm³/mol. The van der Waals surface area contributed by atoms with E-state index in [1.807, 2.05) is 0 Å². The zero-order chi connectivity index (χ0) is 11.7. The fraction of sp³-hybridized carbons (Fsp3) is 0.500. The molecule has 1 saturated carbocycles. The molecule has 1 aromatic heterocycles. The molecule has 6 nitrogen and oxygen atoms in total. The third kappa shape index (κ3) is 2.11. The number of aliphatic carboxylic acids is 1. The highest BCUT2D eigenvalue weighted by Gasteiger charge is 2.29. The van der Waals surface area contributed by atoms with Crippen molar-refractivity contribution in [2.24, 2.45) is 5.73 Å². The van der Waals surface area contributed by atoms with Crippen LogP contribution in [0.1, 0.15) is 36.3 Å². The van der Waals surface area contributed by atoms with Crippen LogP contribution in [-0.2, 0) is 4.79 Å². The summed E-state index contributed by atoms with van der Waals surface area (Å²) in [5.41, 5.74) is 5.80. The van der Waals surface area contributed by atoms with Gasteiger partial charge in [-0.05, 0) is 12.8 Å². The first kappa shape index (κ1) is 10.8. The van der Waals surface area contributed by atoms with E-state index in [2.05, 4.69) is 9.97 Å². The number of methoxy groups -OCH3 is 1. The van der Waals surface area contributed by atoms with Gasteiger partial charge in [0.15, 0.2) is 0 Å². The molecule has 0 radical (unpaired) electrons. The van der Waals surface area contributed by atoms with Gasteiger partial charge in [-0.15, -0.1) is 0 Å². The fourth-order valence-electron chi connectivity index (χ4n) is 1.38. The number of nitrogens with zero attached hydrogens (tertiary/aromatic N) is 2. The highest BCUT2D eigenvalue weighted by atomic mass is 16.5. The molecule has 1 heterocycles. The summed E-state index contributed by atoms with van der Waals surface area (Å²) in [6, 6.07) is 0.333. The van der Waals surface area contributed by atoms with Crippen molar-refractivity contribution >= 4 is 5.97 Å². The van der Waals surface area contributed by atoms with Gasteiger partial charge in [0.05, 0.1) is 12.8 Å². The quantitative estimate of drug-likeness (QED) is 0.768. The van der Waals surface area contributed by atoms with Crippen molar-refractivity contribution in [3.63, 3.8) is 0 Å². The van der Waals surface area contributed by atoms with Crippen LogP contribution in [0.2, 0.25) is 0 Å². The maximum absolute atomic E-state index is 10.8. The highest BCUT2D eigenvalue weighted by Crippen LogP contribution is 2.38. The van der Waals surface area contributed by atoms with E-state index in [4.69, 9.17) is 15.6 Å². The second-order valence-corrected chi connectivity index (χ2v) is 3.78. The minimum atomic E-state index is -1.13. The Morgan fingerprint density at radius 2 is 2.31 bits per heavy atom. The fourth-order valence-corrected chi connectivity index (χ4v) is 1.38. The first-order chi connectivity index (χ1) is 7.61. The Kier molecular flexibility index (Phi) is 2.74. The lowest BCUT2D eigenvalue weighted by Gasteiger charge is -2.09. The average Bonchev–Trinajstić information content (AvgIpc) is 3.11. The number of carboxylic acid groups (broad SMARTS) is 1. The van der Waals surface area contributed by atoms with E-state index in [9.17, 15) is 4.79 Å². The number of hydrogen-bond donors (Lipinski definition) is 2. The van der Waals surface area contributed by atoms with Gasteiger partial charge in [-0.25, -0.2) is 4.98 Å². The third-order valence-corrected chi connectivity index (χ3v) is 2.48. The second-order valence-electron chi connectivity index (χ2n) is 3.78. The Hall–Kier alpha value is -1.69. The van der Waals surface area contributed by atoms with E-state index in [0.29, 0.717) is 23.3 Å². The topological polar surface area (TPSA) is 98.3 Å². The van der Waals surface area contributed by atoms with Gasteiger partial charge in [0.1, 0.15) is 11.9 Å². The molecular weight excluding hydrogens is 210 g/mol. The molecule has 0 saturated heterocycles. The molecule has 86 valence electrons. The van der Waals surface area contributed by atoms with E-state index in [-0.39, 0.29) is 0 Å². The molecule has 0 aromatic carbocycles. The summed E-state index contributed by atoms with van der Waals surface area (Å²) in [5, 5.41) is 8.82. The Labute approximate surface area is 92.5 Å². The van der Waals surface area contributed by atoms with Crippen LogP contribution in [0.5, 0.6) is 5.88 Å². The molecule has 0 spiro atoms. The van der Waals surface area contributed by atoms with Gasteiger partial charge < -0.3 is 15.6 Å². The van der Waals surface area contributed by atoms with E-state index < -0.39 is 12.0 Å². The van der Waals surface area contributed by atoms with Crippen molar-refractivity contribution in [3.05, 3.63) is 17.6 Å². The molecule has 3 N–H and O–H groups in total. The molecule has 16 heavy (non-hydrogen) atoms. The minimum Gasteiger partial charge on any atom is -0.481 e. The number of nitrogens with two attached hydrogens (primary N) is 1. The predicted octanol–water partition coefficient (Wildman–Crippen LogP) is 0.447. The van der Waals surface area contributed by atoms with Crippen molar-refractivity contribution in [1.29, 1.82) is 0 Å². The second kappa shape index (κ2) is 4.05. The molecule has 1 fully saturated rings. The largest absolute Gasteiger partial charge is 0.481 e. The number of rotatable bonds is 4. The van der Waals surface area contributed by atoms with Crippen molar-refractivity contribution in [3.8, 4) is 5.88 Å². The van der Waals surface area contributed by atoms with Crippen LogP contribution < -0.4 is 10.5 Å². The van der Waals surface area contributed by atoms with Crippen molar-refractivity contribution in [1.82, 2.24) is 9.97 Å². The lowest BCUT2D eigenvalue weighted by atomic mass is 10.2. The Morgan fingerprint density at radius 1 is 1.62 bits per heavy atom. The van der Waals surface area contributed by atoms with Gasteiger partial charge in [0.2, 0.25) is 5.88 Å². The molecule has 1 aromatic rings. The summed E-state index contributed by atoms with van der Waals surface area (Å²) in [7, 11) is 1.48. The number of carbonyl (C=O) groups is 1. The molecule has 0 bridgehead atoms. The van der Waals surface area contributed by atoms with Crippen LogP contribution in [0.3, 0.4) is 0 Å². The van der Waals surface area contributed by atoms with Gasteiger partial charge in [-0.2, -0.15) is 4.98 Å². The summed E-state index contributed by atoms with van der Waals surface area (Å²) in [6.45, 7) is 0. The Bertz CT molecular complexity index is 418. The number of aromatic nitrogens is 2. The van der Waals surface area contributed by atoms with Crippen LogP contribution in [-0.4, -0.2) is 28.2 Å². The molecule has 1 aliphatic rings. The first-order valence-corrected chi connectivity index (χ1v) is 5.03. The van der Waals surface area contributed by atoms with Crippen molar-refractivity contribution < 1.29 is 14.6 Å². The van der Waals surface area contributed by atoms with Crippen LogP contribution in [0.4, 0.5) is 0 Å². The highest BCUT2D eigenvalue weighted by molar-refractivity contribution is 5.74. The van der Waals surface area contributed by atoms with E-state index in [0.717, 1.165) is 12.8 Å². The van der Waals surface area contributed by atoms with Gasteiger partial charge in [-0.3, -0.25) is 4.79 Å². The molecule has 1 aliphatic carbocycles. The minimum absolute atomic E-state index is 0.293. The van der Waals surface area contributed by atoms with Gasteiger partial charge in [0.25, 0.3) is 0 Å². The molecule has 1 atom stereocenters.